The van der Waals surface area contributed by atoms with Crippen molar-refractivity contribution < 1.29 is 9.21 Å². The van der Waals surface area contributed by atoms with E-state index in [2.05, 4.69) is 29.6 Å². The molecule has 0 saturated carbocycles. The molecule has 0 bridgehead atoms. The van der Waals surface area contributed by atoms with E-state index in [4.69, 9.17) is 4.42 Å². The number of nitrogens with one attached hydrogen (secondary N) is 1. The number of hydrogen-bond acceptors (Lipinski definition) is 2. The van der Waals surface area contributed by atoms with Crippen LogP contribution in [0.5, 0.6) is 0 Å². The number of urea groups is 1. The standard InChI is InChI=1S/C21H22N2O2/c1-16(20-13-8-14-25-20)22-21(24)23(2)15-18-11-6-7-12-19(18)17-9-4-3-5-10-17/h3-14,16H,15H2,1-2H3,(H,22,24). The quantitative estimate of drug-likeness (QED) is 0.725. The number of amides is 2. The highest BCUT2D eigenvalue weighted by atomic mass is 16.3. The molecule has 0 aliphatic heterocycles. The van der Waals surface area contributed by atoms with Crippen LogP contribution >= 0.6 is 0 Å². The largest absolute Gasteiger partial charge is 0.467 e. The van der Waals surface area contributed by atoms with Crippen LogP contribution in [-0.4, -0.2) is 18.0 Å². The zero-order valence-corrected chi connectivity index (χ0v) is 14.5. The minimum absolute atomic E-state index is 0.133. The van der Waals surface area contributed by atoms with Crippen LogP contribution < -0.4 is 5.32 Å². The predicted octanol–water partition coefficient (Wildman–Crippen LogP) is 4.85. The highest BCUT2D eigenvalue weighted by Crippen LogP contribution is 2.24. The lowest BCUT2D eigenvalue weighted by atomic mass is 9.99. The van der Waals surface area contributed by atoms with Gasteiger partial charge in [-0.1, -0.05) is 54.6 Å². The van der Waals surface area contributed by atoms with Crippen molar-refractivity contribution in [1.29, 1.82) is 0 Å². The van der Waals surface area contributed by atoms with Crippen molar-refractivity contribution in [2.24, 2.45) is 0 Å². The summed E-state index contributed by atoms with van der Waals surface area (Å²) < 4.78 is 5.34. The van der Waals surface area contributed by atoms with Gasteiger partial charge < -0.3 is 14.6 Å². The maximum absolute atomic E-state index is 12.5. The number of nitrogens with zero attached hydrogens (tertiary/aromatic N) is 1. The molecule has 4 heteroatoms. The van der Waals surface area contributed by atoms with E-state index in [0.29, 0.717) is 6.54 Å². The fourth-order valence-corrected chi connectivity index (χ4v) is 2.79. The average Bonchev–Trinajstić information content (AvgIpc) is 3.17. The van der Waals surface area contributed by atoms with E-state index in [1.165, 1.54) is 0 Å². The van der Waals surface area contributed by atoms with Gasteiger partial charge >= 0.3 is 6.03 Å². The molecule has 4 nitrogen and oxygen atoms in total. The molecule has 2 aromatic carbocycles. The predicted molar refractivity (Wildman–Crippen MR) is 99.0 cm³/mol. The van der Waals surface area contributed by atoms with Gasteiger partial charge in [-0.05, 0) is 35.7 Å². The summed E-state index contributed by atoms with van der Waals surface area (Å²) >= 11 is 0. The molecule has 3 aromatic rings. The Morgan fingerprint density at radius 1 is 1.04 bits per heavy atom. The minimum atomic E-state index is -0.172. The SMILES string of the molecule is CC(NC(=O)N(C)Cc1ccccc1-c1ccccc1)c1ccco1. The van der Waals surface area contributed by atoms with Crippen molar-refractivity contribution in [1.82, 2.24) is 10.2 Å². The Balaban J connectivity index is 1.71. The Hall–Kier alpha value is -3.01. The molecule has 3 rings (SSSR count). The van der Waals surface area contributed by atoms with E-state index >= 15 is 0 Å². The molecule has 0 radical (unpaired) electrons. The first-order chi connectivity index (χ1) is 12.1. The molecular weight excluding hydrogens is 312 g/mol. The number of carbonyl (C=O) groups is 1. The first kappa shape index (κ1) is 16.8. The second kappa shape index (κ2) is 7.71. The van der Waals surface area contributed by atoms with Crippen molar-refractivity contribution in [2.45, 2.75) is 19.5 Å². The average molecular weight is 334 g/mol. The van der Waals surface area contributed by atoms with Crippen LogP contribution in [0.25, 0.3) is 11.1 Å². The van der Waals surface area contributed by atoms with Crippen molar-refractivity contribution in [3.63, 3.8) is 0 Å². The topological polar surface area (TPSA) is 45.5 Å². The molecule has 128 valence electrons. The minimum Gasteiger partial charge on any atom is -0.467 e. The van der Waals surface area contributed by atoms with Gasteiger partial charge in [0.05, 0.1) is 12.3 Å². The summed E-state index contributed by atoms with van der Waals surface area (Å²) in [6.07, 6.45) is 1.61. The van der Waals surface area contributed by atoms with E-state index < -0.39 is 0 Å². The Morgan fingerprint density at radius 2 is 1.76 bits per heavy atom. The molecule has 0 fully saturated rings. The van der Waals surface area contributed by atoms with Gasteiger partial charge in [-0.2, -0.15) is 0 Å². The highest BCUT2D eigenvalue weighted by molar-refractivity contribution is 5.75. The summed E-state index contributed by atoms with van der Waals surface area (Å²) in [6, 6.07) is 21.7. The smallest absolute Gasteiger partial charge is 0.318 e. The molecule has 25 heavy (non-hydrogen) atoms. The molecule has 1 aromatic heterocycles. The normalized spacial score (nSPS) is 11.8. The molecule has 1 heterocycles. The van der Waals surface area contributed by atoms with Crippen molar-refractivity contribution in [2.75, 3.05) is 7.05 Å². The molecule has 0 aliphatic carbocycles. The molecule has 0 aliphatic rings. The highest BCUT2D eigenvalue weighted by Gasteiger charge is 2.16. The molecule has 2 amide bonds. The number of hydrogen-bond donors (Lipinski definition) is 1. The van der Waals surface area contributed by atoms with E-state index in [0.717, 1.165) is 22.5 Å². The monoisotopic (exact) mass is 334 g/mol. The molecule has 0 saturated heterocycles. The Labute approximate surface area is 148 Å². The van der Waals surface area contributed by atoms with Crippen LogP contribution in [0.2, 0.25) is 0 Å². The van der Waals surface area contributed by atoms with Gasteiger partial charge in [0.25, 0.3) is 0 Å². The zero-order chi connectivity index (χ0) is 17.6. The fraction of sp³-hybridized carbons (Fsp3) is 0.190. The van der Waals surface area contributed by atoms with Gasteiger partial charge in [0.2, 0.25) is 0 Å². The summed E-state index contributed by atoms with van der Waals surface area (Å²) in [4.78, 5) is 14.2. The molecule has 1 unspecified atom stereocenters. The van der Waals surface area contributed by atoms with Crippen molar-refractivity contribution >= 4 is 6.03 Å². The number of furan rings is 1. The number of rotatable bonds is 5. The van der Waals surface area contributed by atoms with Gasteiger partial charge in [-0.25, -0.2) is 4.79 Å². The van der Waals surface area contributed by atoms with E-state index in [1.807, 2.05) is 49.4 Å². The zero-order valence-electron chi connectivity index (χ0n) is 14.5. The third-order valence-electron chi connectivity index (χ3n) is 4.17. The molecule has 1 atom stereocenters. The summed E-state index contributed by atoms with van der Waals surface area (Å²) in [5.74, 6) is 0.742. The third kappa shape index (κ3) is 4.10. The summed E-state index contributed by atoms with van der Waals surface area (Å²) in [5, 5.41) is 2.95. The van der Waals surface area contributed by atoms with Crippen LogP contribution in [0.15, 0.2) is 77.4 Å². The van der Waals surface area contributed by atoms with Gasteiger partial charge in [0.1, 0.15) is 5.76 Å². The Kier molecular flexibility index (Phi) is 5.19. The third-order valence-corrected chi connectivity index (χ3v) is 4.17. The Morgan fingerprint density at radius 3 is 2.48 bits per heavy atom. The first-order valence-corrected chi connectivity index (χ1v) is 8.33. The maximum Gasteiger partial charge on any atom is 0.318 e. The second-order valence-corrected chi connectivity index (χ2v) is 6.07. The lowest BCUT2D eigenvalue weighted by Crippen LogP contribution is -2.38. The van der Waals surface area contributed by atoms with Crippen molar-refractivity contribution in [3.05, 3.63) is 84.3 Å². The lowest BCUT2D eigenvalue weighted by molar-refractivity contribution is 0.202. The van der Waals surface area contributed by atoms with Crippen LogP contribution in [0.1, 0.15) is 24.3 Å². The van der Waals surface area contributed by atoms with Gasteiger partial charge in [-0.15, -0.1) is 0 Å². The molecule has 1 N–H and O–H groups in total. The Bertz CT molecular complexity index is 813. The van der Waals surface area contributed by atoms with Crippen LogP contribution in [0, 0.1) is 0 Å². The van der Waals surface area contributed by atoms with E-state index in [-0.39, 0.29) is 12.1 Å². The van der Waals surface area contributed by atoms with E-state index in [1.54, 1.807) is 18.2 Å². The van der Waals surface area contributed by atoms with Crippen molar-refractivity contribution in [3.8, 4) is 11.1 Å². The summed E-state index contributed by atoms with van der Waals surface area (Å²) in [6.45, 7) is 2.43. The van der Waals surface area contributed by atoms with E-state index in [9.17, 15) is 4.79 Å². The number of benzene rings is 2. The molecule has 0 spiro atoms. The van der Waals surface area contributed by atoms with Gasteiger partial charge in [-0.3, -0.25) is 0 Å². The maximum atomic E-state index is 12.5. The molecular formula is C21H22N2O2. The number of carbonyl (C=O) groups excluding carboxylic acids is 1. The van der Waals surface area contributed by atoms with Gasteiger partial charge in [0.15, 0.2) is 0 Å². The second-order valence-electron chi connectivity index (χ2n) is 6.07. The van der Waals surface area contributed by atoms with Crippen LogP contribution in [0.3, 0.4) is 0 Å². The van der Waals surface area contributed by atoms with Crippen LogP contribution in [0.4, 0.5) is 4.79 Å². The first-order valence-electron chi connectivity index (χ1n) is 8.33. The van der Waals surface area contributed by atoms with Crippen LogP contribution in [-0.2, 0) is 6.54 Å². The lowest BCUT2D eigenvalue weighted by Gasteiger charge is -2.22. The van der Waals surface area contributed by atoms with Gasteiger partial charge in [0, 0.05) is 13.6 Å². The summed E-state index contributed by atoms with van der Waals surface area (Å²) in [5.41, 5.74) is 3.40. The summed E-state index contributed by atoms with van der Waals surface area (Å²) in [7, 11) is 1.80. The fourth-order valence-electron chi connectivity index (χ4n) is 2.79.